The van der Waals surface area contributed by atoms with Gasteiger partial charge in [-0.15, -0.1) is 0 Å². The molecule has 0 radical (unpaired) electrons. The summed E-state index contributed by atoms with van der Waals surface area (Å²) in [4.78, 5) is 15.9. The van der Waals surface area contributed by atoms with Gasteiger partial charge in [-0.1, -0.05) is 42.5 Å². The number of ether oxygens (including phenoxy) is 2. The lowest BCUT2D eigenvalue weighted by Crippen LogP contribution is -2.41. The molecule has 178 valence electrons. The Hall–Kier alpha value is -4.13. The first-order valence-corrected chi connectivity index (χ1v) is 12.0. The highest BCUT2D eigenvalue weighted by Crippen LogP contribution is 2.30. The van der Waals surface area contributed by atoms with E-state index >= 15 is 0 Å². The second-order valence-corrected chi connectivity index (χ2v) is 8.39. The molecule has 1 N–H and O–H groups in total. The summed E-state index contributed by atoms with van der Waals surface area (Å²) in [6.07, 6.45) is 7.37. The normalized spacial score (nSPS) is 15.5. The second kappa shape index (κ2) is 10.9. The standard InChI is InChI=1S/C28H29N5O2/c1-2-34-24-12-6-7-13-25(24)35-23-11-8-16-33(20-23)28-19-29-18-27(32-28)31-26-17-22(14-15-30-26)21-9-4-3-5-10-21/h3-7,9-10,12-15,17-19,23H,2,8,11,16,20H2,1H3,(H,30,31,32)/t23-/m1/s1. The molecule has 1 aliphatic heterocycles. The van der Waals surface area contributed by atoms with E-state index in [1.807, 2.05) is 61.5 Å². The Bertz CT molecular complexity index is 1250. The molecular weight excluding hydrogens is 438 g/mol. The maximum absolute atomic E-state index is 6.33. The van der Waals surface area contributed by atoms with Crippen LogP contribution < -0.4 is 19.7 Å². The van der Waals surface area contributed by atoms with Crippen LogP contribution in [0.5, 0.6) is 11.5 Å². The van der Waals surface area contributed by atoms with Crippen molar-refractivity contribution in [3.05, 3.63) is 85.3 Å². The largest absolute Gasteiger partial charge is 0.490 e. The maximum Gasteiger partial charge on any atom is 0.161 e. The number of piperidine rings is 1. The highest BCUT2D eigenvalue weighted by molar-refractivity contribution is 5.67. The molecule has 35 heavy (non-hydrogen) atoms. The van der Waals surface area contributed by atoms with Gasteiger partial charge in [0.05, 0.1) is 25.5 Å². The van der Waals surface area contributed by atoms with Crippen LogP contribution in [0.15, 0.2) is 85.3 Å². The van der Waals surface area contributed by atoms with Gasteiger partial charge in [0.15, 0.2) is 17.3 Å². The van der Waals surface area contributed by atoms with Gasteiger partial charge in [0.25, 0.3) is 0 Å². The molecule has 0 unspecified atom stereocenters. The summed E-state index contributed by atoms with van der Waals surface area (Å²) in [5.41, 5.74) is 2.23. The first-order valence-electron chi connectivity index (χ1n) is 12.0. The molecule has 3 heterocycles. The molecule has 0 amide bonds. The van der Waals surface area contributed by atoms with Crippen molar-refractivity contribution < 1.29 is 9.47 Å². The maximum atomic E-state index is 6.33. The summed E-state index contributed by atoms with van der Waals surface area (Å²) in [6.45, 7) is 4.23. The second-order valence-electron chi connectivity index (χ2n) is 8.39. The Morgan fingerprint density at radius 1 is 0.943 bits per heavy atom. The van der Waals surface area contributed by atoms with E-state index in [0.29, 0.717) is 12.4 Å². The summed E-state index contributed by atoms with van der Waals surface area (Å²) in [5, 5.41) is 3.31. The van der Waals surface area contributed by atoms with Gasteiger partial charge in [-0.2, -0.15) is 0 Å². The quantitative estimate of drug-likeness (QED) is 0.355. The van der Waals surface area contributed by atoms with Crippen molar-refractivity contribution in [3.8, 4) is 22.6 Å². The van der Waals surface area contributed by atoms with Gasteiger partial charge in [-0.05, 0) is 55.2 Å². The van der Waals surface area contributed by atoms with Crippen molar-refractivity contribution in [2.45, 2.75) is 25.9 Å². The average Bonchev–Trinajstić information content (AvgIpc) is 2.91. The highest BCUT2D eigenvalue weighted by atomic mass is 16.5. The van der Waals surface area contributed by atoms with Crippen LogP contribution in [0.4, 0.5) is 17.5 Å². The zero-order chi connectivity index (χ0) is 23.9. The summed E-state index contributed by atoms with van der Waals surface area (Å²) in [5.74, 6) is 3.77. The number of pyridine rings is 1. The van der Waals surface area contributed by atoms with Gasteiger partial charge >= 0.3 is 0 Å². The molecule has 0 saturated carbocycles. The third kappa shape index (κ3) is 5.69. The zero-order valence-corrected chi connectivity index (χ0v) is 19.8. The van der Waals surface area contributed by atoms with Gasteiger partial charge in [0.2, 0.25) is 0 Å². The van der Waals surface area contributed by atoms with Crippen molar-refractivity contribution in [1.82, 2.24) is 15.0 Å². The van der Waals surface area contributed by atoms with Crippen molar-refractivity contribution >= 4 is 17.5 Å². The van der Waals surface area contributed by atoms with E-state index in [1.54, 1.807) is 18.6 Å². The predicted octanol–water partition coefficient (Wildman–Crippen LogP) is 5.73. The molecule has 5 rings (SSSR count). The average molecular weight is 468 g/mol. The van der Waals surface area contributed by atoms with Crippen LogP contribution in [0.25, 0.3) is 11.1 Å². The predicted molar refractivity (Wildman–Crippen MR) is 138 cm³/mol. The van der Waals surface area contributed by atoms with Crippen LogP contribution >= 0.6 is 0 Å². The molecule has 0 spiro atoms. The van der Waals surface area contributed by atoms with Gasteiger partial charge < -0.3 is 19.7 Å². The lowest BCUT2D eigenvalue weighted by Gasteiger charge is -2.33. The minimum Gasteiger partial charge on any atom is -0.490 e. The van der Waals surface area contributed by atoms with Crippen LogP contribution in [-0.2, 0) is 0 Å². The van der Waals surface area contributed by atoms with E-state index in [2.05, 4.69) is 32.3 Å². The number of hydrogen-bond donors (Lipinski definition) is 1. The Balaban J connectivity index is 1.28. The molecule has 1 fully saturated rings. The Labute approximate surface area is 205 Å². The molecule has 7 heteroatoms. The van der Waals surface area contributed by atoms with Gasteiger partial charge in [0, 0.05) is 12.7 Å². The van der Waals surface area contributed by atoms with Crippen molar-refractivity contribution in [1.29, 1.82) is 0 Å². The van der Waals surface area contributed by atoms with Crippen LogP contribution in [0.2, 0.25) is 0 Å². The number of nitrogens with one attached hydrogen (secondary N) is 1. The van der Waals surface area contributed by atoms with Crippen molar-refractivity contribution in [2.24, 2.45) is 0 Å². The fourth-order valence-corrected chi connectivity index (χ4v) is 4.25. The topological polar surface area (TPSA) is 72.4 Å². The number of aromatic nitrogens is 3. The van der Waals surface area contributed by atoms with Crippen LogP contribution in [0.1, 0.15) is 19.8 Å². The van der Waals surface area contributed by atoms with E-state index in [4.69, 9.17) is 14.5 Å². The smallest absolute Gasteiger partial charge is 0.161 e. The Kier molecular flexibility index (Phi) is 7.03. The monoisotopic (exact) mass is 467 g/mol. The lowest BCUT2D eigenvalue weighted by molar-refractivity contribution is 0.170. The molecular formula is C28H29N5O2. The van der Waals surface area contributed by atoms with E-state index in [1.165, 1.54) is 0 Å². The van der Waals surface area contributed by atoms with E-state index in [9.17, 15) is 0 Å². The molecule has 1 atom stereocenters. The lowest BCUT2D eigenvalue weighted by atomic mass is 10.1. The number of benzene rings is 2. The zero-order valence-electron chi connectivity index (χ0n) is 19.8. The van der Waals surface area contributed by atoms with Gasteiger partial charge in [-0.25, -0.2) is 9.97 Å². The van der Waals surface area contributed by atoms with Crippen LogP contribution in [0.3, 0.4) is 0 Å². The Morgan fingerprint density at radius 2 is 1.77 bits per heavy atom. The SMILES string of the molecule is CCOc1ccccc1O[C@@H]1CCCN(c2cncc(Nc3cc(-c4ccccc4)ccn3)n2)C1. The van der Waals surface area contributed by atoms with Crippen LogP contribution in [0, 0.1) is 0 Å². The van der Waals surface area contributed by atoms with Crippen LogP contribution in [-0.4, -0.2) is 40.8 Å². The van der Waals surface area contributed by atoms with E-state index in [-0.39, 0.29) is 6.10 Å². The molecule has 1 aliphatic rings. The molecule has 2 aromatic heterocycles. The molecule has 2 aromatic carbocycles. The third-order valence-electron chi connectivity index (χ3n) is 5.89. The third-order valence-corrected chi connectivity index (χ3v) is 5.89. The number of hydrogen-bond acceptors (Lipinski definition) is 7. The highest BCUT2D eigenvalue weighted by Gasteiger charge is 2.24. The van der Waals surface area contributed by atoms with Gasteiger partial charge in [-0.3, -0.25) is 4.98 Å². The van der Waals surface area contributed by atoms with Crippen molar-refractivity contribution in [3.63, 3.8) is 0 Å². The number of para-hydroxylation sites is 2. The molecule has 0 bridgehead atoms. The van der Waals surface area contributed by atoms with E-state index < -0.39 is 0 Å². The van der Waals surface area contributed by atoms with Crippen molar-refractivity contribution in [2.75, 3.05) is 29.9 Å². The molecule has 0 aliphatic carbocycles. The first-order chi connectivity index (χ1) is 17.3. The number of nitrogens with zero attached hydrogens (tertiary/aromatic N) is 4. The minimum atomic E-state index is 0.0491. The summed E-state index contributed by atoms with van der Waals surface area (Å²) < 4.78 is 12.1. The number of anilines is 3. The summed E-state index contributed by atoms with van der Waals surface area (Å²) >= 11 is 0. The molecule has 7 nitrogen and oxygen atoms in total. The molecule has 1 saturated heterocycles. The van der Waals surface area contributed by atoms with Gasteiger partial charge in [0.1, 0.15) is 17.7 Å². The summed E-state index contributed by atoms with van der Waals surface area (Å²) in [7, 11) is 0. The minimum absolute atomic E-state index is 0.0491. The fourth-order valence-electron chi connectivity index (χ4n) is 4.25. The summed E-state index contributed by atoms with van der Waals surface area (Å²) in [6, 6.07) is 22.1. The van der Waals surface area contributed by atoms with E-state index in [0.717, 1.165) is 60.2 Å². The molecule has 4 aromatic rings. The first kappa shape index (κ1) is 22.7. The Morgan fingerprint density at radius 3 is 2.63 bits per heavy atom. The number of rotatable bonds is 8. The fraction of sp³-hybridized carbons (Fsp3) is 0.250.